The van der Waals surface area contributed by atoms with Gasteiger partial charge in [0.15, 0.2) is 17.5 Å². The Morgan fingerprint density at radius 3 is 2.75 bits per heavy atom. The number of aliphatic imine (C=N–C) groups is 1. The number of amides is 1. The largest absolute Gasteiger partial charge is 0.493 e. The maximum atomic E-state index is 12.4. The average molecular weight is 504 g/mol. The highest BCUT2D eigenvalue weighted by atomic mass is 127. The lowest BCUT2D eigenvalue weighted by atomic mass is 10.0. The van der Waals surface area contributed by atoms with E-state index in [-0.39, 0.29) is 29.9 Å². The third kappa shape index (κ3) is 7.03. The van der Waals surface area contributed by atoms with Crippen LogP contribution in [0.5, 0.6) is 11.5 Å². The van der Waals surface area contributed by atoms with Gasteiger partial charge in [-0.05, 0) is 45.2 Å². The number of anilines is 1. The van der Waals surface area contributed by atoms with Crippen molar-refractivity contribution in [3.8, 4) is 11.5 Å². The van der Waals surface area contributed by atoms with Gasteiger partial charge in [-0.25, -0.2) is 0 Å². The van der Waals surface area contributed by atoms with Crippen LogP contribution in [0, 0.1) is 0 Å². The SMILES string of the molecule is CCOc1ccc(NC(=NC)NCCC(=O)N2CCCCC2C)cc1OC.I. The van der Waals surface area contributed by atoms with E-state index < -0.39 is 0 Å². The standard InChI is InChI=1S/C20H32N4O3.HI/c1-5-27-17-10-9-16(14-18(17)26-4)23-20(21-3)22-12-11-19(25)24-13-7-6-8-15(24)2;/h9-10,14-15H,5-8,11-13H2,1-4H3,(H2,21,22,23);1H. The first-order valence-corrected chi connectivity index (χ1v) is 9.67. The summed E-state index contributed by atoms with van der Waals surface area (Å²) >= 11 is 0. The maximum Gasteiger partial charge on any atom is 0.224 e. The highest BCUT2D eigenvalue weighted by Crippen LogP contribution is 2.30. The van der Waals surface area contributed by atoms with Crippen molar-refractivity contribution in [3.05, 3.63) is 18.2 Å². The molecular weight excluding hydrogens is 471 g/mol. The number of hydrogen-bond acceptors (Lipinski definition) is 4. The van der Waals surface area contributed by atoms with Gasteiger partial charge in [0, 0.05) is 44.4 Å². The van der Waals surface area contributed by atoms with Crippen molar-refractivity contribution in [1.82, 2.24) is 10.2 Å². The summed E-state index contributed by atoms with van der Waals surface area (Å²) in [6.45, 7) is 6.05. The highest BCUT2D eigenvalue weighted by molar-refractivity contribution is 14.0. The van der Waals surface area contributed by atoms with E-state index in [1.54, 1.807) is 14.2 Å². The third-order valence-electron chi connectivity index (χ3n) is 4.70. The molecule has 8 heteroatoms. The molecule has 2 N–H and O–H groups in total. The van der Waals surface area contributed by atoms with Crippen LogP contribution < -0.4 is 20.1 Å². The Hall–Kier alpha value is -1.71. The van der Waals surface area contributed by atoms with E-state index in [2.05, 4.69) is 22.5 Å². The number of hydrogen-bond donors (Lipinski definition) is 2. The molecular formula is C20H33IN4O3. The number of piperidine rings is 1. The minimum atomic E-state index is 0. The molecule has 1 aromatic carbocycles. The van der Waals surface area contributed by atoms with Gasteiger partial charge in [-0.15, -0.1) is 24.0 Å². The van der Waals surface area contributed by atoms with Gasteiger partial charge in [0.05, 0.1) is 13.7 Å². The monoisotopic (exact) mass is 504 g/mol. The fourth-order valence-corrected chi connectivity index (χ4v) is 3.24. The van der Waals surface area contributed by atoms with Crippen molar-refractivity contribution in [2.24, 2.45) is 4.99 Å². The summed E-state index contributed by atoms with van der Waals surface area (Å²) in [5.41, 5.74) is 0.833. The van der Waals surface area contributed by atoms with E-state index in [0.717, 1.165) is 25.1 Å². The van der Waals surface area contributed by atoms with Gasteiger partial charge < -0.3 is 25.0 Å². The molecule has 0 saturated carbocycles. The van der Waals surface area contributed by atoms with E-state index in [0.29, 0.717) is 43.1 Å². The van der Waals surface area contributed by atoms with Crippen molar-refractivity contribution >= 4 is 41.5 Å². The second kappa shape index (κ2) is 12.7. The molecule has 1 atom stereocenters. The van der Waals surface area contributed by atoms with Gasteiger partial charge in [0.2, 0.25) is 5.91 Å². The Morgan fingerprint density at radius 1 is 1.32 bits per heavy atom. The fourth-order valence-electron chi connectivity index (χ4n) is 3.24. The maximum absolute atomic E-state index is 12.4. The van der Waals surface area contributed by atoms with E-state index in [1.165, 1.54) is 6.42 Å². The van der Waals surface area contributed by atoms with Crippen molar-refractivity contribution in [1.29, 1.82) is 0 Å². The number of carbonyl (C=O) groups is 1. The number of nitrogens with one attached hydrogen (secondary N) is 2. The molecule has 0 spiro atoms. The van der Waals surface area contributed by atoms with Crippen LogP contribution in [-0.2, 0) is 4.79 Å². The van der Waals surface area contributed by atoms with Gasteiger partial charge in [0.25, 0.3) is 0 Å². The normalized spacial score (nSPS) is 16.8. The van der Waals surface area contributed by atoms with Gasteiger partial charge in [0.1, 0.15) is 0 Å². The summed E-state index contributed by atoms with van der Waals surface area (Å²) in [5.74, 6) is 2.18. The first-order valence-electron chi connectivity index (χ1n) is 9.67. The molecule has 1 aliphatic rings. The molecule has 1 amide bonds. The van der Waals surface area contributed by atoms with Crippen LogP contribution in [0.3, 0.4) is 0 Å². The zero-order valence-electron chi connectivity index (χ0n) is 17.3. The van der Waals surface area contributed by atoms with Crippen molar-refractivity contribution in [2.75, 3.05) is 39.2 Å². The predicted octanol–water partition coefficient (Wildman–Crippen LogP) is 3.49. The minimum absolute atomic E-state index is 0. The Kier molecular flexibility index (Phi) is 11.0. The minimum Gasteiger partial charge on any atom is -0.493 e. The molecule has 0 radical (unpaired) electrons. The summed E-state index contributed by atoms with van der Waals surface area (Å²) < 4.78 is 10.9. The number of likely N-dealkylation sites (tertiary alicyclic amines) is 1. The first-order chi connectivity index (χ1) is 13.1. The summed E-state index contributed by atoms with van der Waals surface area (Å²) in [7, 11) is 3.32. The van der Waals surface area contributed by atoms with Crippen molar-refractivity contribution < 1.29 is 14.3 Å². The number of rotatable bonds is 7. The first kappa shape index (κ1) is 24.3. The molecule has 158 valence electrons. The molecule has 2 rings (SSSR count). The Labute approximate surface area is 185 Å². The van der Waals surface area contributed by atoms with E-state index in [4.69, 9.17) is 9.47 Å². The lowest BCUT2D eigenvalue weighted by Gasteiger charge is -2.33. The Morgan fingerprint density at radius 2 is 2.11 bits per heavy atom. The van der Waals surface area contributed by atoms with Crippen LogP contribution >= 0.6 is 24.0 Å². The number of nitrogens with zero attached hydrogens (tertiary/aromatic N) is 2. The molecule has 7 nitrogen and oxygen atoms in total. The number of guanidine groups is 1. The molecule has 1 heterocycles. The van der Waals surface area contributed by atoms with Gasteiger partial charge in [-0.1, -0.05) is 0 Å². The molecule has 1 unspecified atom stereocenters. The summed E-state index contributed by atoms with van der Waals surface area (Å²) in [6.07, 6.45) is 3.87. The van der Waals surface area contributed by atoms with E-state index in [9.17, 15) is 4.79 Å². The second-order valence-corrected chi connectivity index (χ2v) is 6.60. The lowest BCUT2D eigenvalue weighted by molar-refractivity contribution is -0.134. The zero-order valence-corrected chi connectivity index (χ0v) is 19.6. The predicted molar refractivity (Wildman–Crippen MR) is 124 cm³/mol. The van der Waals surface area contributed by atoms with Crippen LogP contribution in [0.15, 0.2) is 23.2 Å². The summed E-state index contributed by atoms with van der Waals surface area (Å²) in [5, 5.41) is 6.41. The Balaban J connectivity index is 0.00000392. The number of halogens is 1. The number of benzene rings is 1. The number of carbonyl (C=O) groups excluding carboxylic acids is 1. The lowest BCUT2D eigenvalue weighted by Crippen LogP contribution is -2.43. The van der Waals surface area contributed by atoms with Crippen molar-refractivity contribution in [2.45, 2.75) is 45.6 Å². The fraction of sp³-hybridized carbons (Fsp3) is 0.600. The molecule has 0 aliphatic carbocycles. The molecule has 1 fully saturated rings. The van der Waals surface area contributed by atoms with E-state index in [1.807, 2.05) is 30.0 Å². The molecule has 28 heavy (non-hydrogen) atoms. The topological polar surface area (TPSA) is 75.2 Å². The summed E-state index contributed by atoms with van der Waals surface area (Å²) in [6, 6.07) is 5.97. The number of ether oxygens (including phenoxy) is 2. The summed E-state index contributed by atoms with van der Waals surface area (Å²) in [4.78, 5) is 18.6. The second-order valence-electron chi connectivity index (χ2n) is 6.60. The molecule has 1 aliphatic heterocycles. The van der Waals surface area contributed by atoms with Crippen LogP contribution in [0.25, 0.3) is 0 Å². The Bertz CT molecular complexity index is 654. The van der Waals surface area contributed by atoms with Crippen LogP contribution in [0.2, 0.25) is 0 Å². The molecule has 1 aromatic rings. The van der Waals surface area contributed by atoms with Crippen LogP contribution in [0.1, 0.15) is 39.5 Å². The van der Waals surface area contributed by atoms with Crippen molar-refractivity contribution in [3.63, 3.8) is 0 Å². The van der Waals surface area contributed by atoms with Gasteiger partial charge in [-0.2, -0.15) is 0 Å². The average Bonchev–Trinajstić information content (AvgIpc) is 2.68. The van der Waals surface area contributed by atoms with Gasteiger partial charge in [-0.3, -0.25) is 9.79 Å². The van der Waals surface area contributed by atoms with Crippen LogP contribution in [-0.4, -0.2) is 56.7 Å². The van der Waals surface area contributed by atoms with Gasteiger partial charge >= 0.3 is 0 Å². The smallest absolute Gasteiger partial charge is 0.224 e. The highest BCUT2D eigenvalue weighted by Gasteiger charge is 2.22. The van der Waals surface area contributed by atoms with E-state index >= 15 is 0 Å². The third-order valence-corrected chi connectivity index (χ3v) is 4.70. The van der Waals surface area contributed by atoms with Crippen LogP contribution in [0.4, 0.5) is 5.69 Å². The zero-order chi connectivity index (χ0) is 19.6. The molecule has 1 saturated heterocycles. The molecule has 0 bridgehead atoms. The quantitative estimate of drug-likeness (QED) is 0.338. The molecule has 0 aromatic heterocycles. The number of methoxy groups -OCH3 is 1.